The minimum Gasteiger partial charge on any atom is -0.497 e. The van der Waals surface area contributed by atoms with Crippen molar-refractivity contribution in [3.63, 3.8) is 0 Å². The van der Waals surface area contributed by atoms with Crippen molar-refractivity contribution in [1.82, 2.24) is 0 Å². The Morgan fingerprint density at radius 2 is 1.73 bits per heavy atom. The quantitative estimate of drug-likeness (QED) is 0.656. The van der Waals surface area contributed by atoms with Gasteiger partial charge < -0.3 is 14.9 Å². The molecule has 0 heterocycles. The van der Waals surface area contributed by atoms with Gasteiger partial charge in [-0.2, -0.15) is 0 Å². The Balaban J connectivity index is 2.30. The highest BCUT2D eigenvalue weighted by molar-refractivity contribution is 6.64. The van der Waals surface area contributed by atoms with Crippen molar-refractivity contribution < 1.29 is 19.7 Å². The molecule has 0 aliphatic heterocycles. The van der Waals surface area contributed by atoms with Gasteiger partial charge in [0.1, 0.15) is 5.75 Å². The summed E-state index contributed by atoms with van der Waals surface area (Å²) in [4.78, 5) is 11.2. The number of rotatable bonds is 5. The zero-order chi connectivity index (χ0) is 16.1. The van der Waals surface area contributed by atoms with Gasteiger partial charge in [0.05, 0.1) is 12.7 Å². The average molecular weight is 296 g/mol. The maximum atomic E-state index is 11.2. The van der Waals surface area contributed by atoms with Crippen LogP contribution < -0.4 is 10.2 Å². The molecule has 5 heteroatoms. The molecule has 112 valence electrons. The molecule has 2 N–H and O–H groups in total. The number of methoxy groups -OCH3 is 1. The van der Waals surface area contributed by atoms with Crippen molar-refractivity contribution in [2.45, 2.75) is 6.82 Å². The molecule has 0 bridgehead atoms. The van der Waals surface area contributed by atoms with Crippen LogP contribution in [0.4, 0.5) is 0 Å². The van der Waals surface area contributed by atoms with Gasteiger partial charge in [0, 0.05) is 0 Å². The van der Waals surface area contributed by atoms with E-state index >= 15 is 0 Å². The van der Waals surface area contributed by atoms with Crippen molar-refractivity contribution in [3.05, 3.63) is 59.2 Å². The maximum Gasteiger partial charge on any atom is 0.335 e. The monoisotopic (exact) mass is 296 g/mol. The first-order valence-corrected chi connectivity index (χ1v) is 6.88. The van der Waals surface area contributed by atoms with Crippen molar-refractivity contribution in [3.8, 4) is 5.75 Å². The summed E-state index contributed by atoms with van der Waals surface area (Å²) < 4.78 is 5.10. The second-order valence-electron chi connectivity index (χ2n) is 4.98. The third-order valence-corrected chi connectivity index (χ3v) is 3.29. The molecule has 0 fully saturated rings. The number of aromatic carboxylic acids is 1. The number of carboxylic acid groups (broad SMARTS) is 1. The number of ether oxygens (including phenoxy) is 1. The third kappa shape index (κ3) is 3.99. The summed E-state index contributed by atoms with van der Waals surface area (Å²) in [6.45, 7) is 0.894. The minimum absolute atomic E-state index is 0.160. The second-order valence-corrected chi connectivity index (χ2v) is 4.98. The van der Waals surface area contributed by atoms with Crippen molar-refractivity contribution >= 4 is 30.5 Å². The molecule has 0 amide bonds. The van der Waals surface area contributed by atoms with Gasteiger partial charge in [-0.05, 0) is 34.8 Å². The summed E-state index contributed by atoms with van der Waals surface area (Å²) in [5.74, 6) is -0.233. The number of hydrogen-bond donors (Lipinski definition) is 2. The molecule has 0 aliphatic carbocycles. The van der Waals surface area contributed by atoms with E-state index in [1.165, 1.54) is 6.07 Å². The Bertz CT molecular complexity index is 690. The van der Waals surface area contributed by atoms with E-state index in [9.17, 15) is 9.82 Å². The van der Waals surface area contributed by atoms with Gasteiger partial charge >= 0.3 is 12.9 Å². The zero-order valence-corrected chi connectivity index (χ0v) is 12.5. The second kappa shape index (κ2) is 6.96. The standard InChI is InChI=1S/C17H17BO4/c1-18(21)15-10-13(9-14(11-15)17(19)20)4-3-12-5-7-16(22-2)8-6-12/h3-11,21H,1-2H3,(H,19,20)/b4-3+. The molecule has 0 aromatic heterocycles. The smallest absolute Gasteiger partial charge is 0.335 e. The van der Waals surface area contributed by atoms with Crippen LogP contribution in [0.2, 0.25) is 6.82 Å². The summed E-state index contributed by atoms with van der Waals surface area (Å²) in [5, 5.41) is 18.8. The maximum absolute atomic E-state index is 11.2. The molecule has 0 saturated carbocycles. The third-order valence-electron chi connectivity index (χ3n) is 3.29. The molecule has 0 radical (unpaired) electrons. The van der Waals surface area contributed by atoms with Gasteiger partial charge in [0.2, 0.25) is 0 Å². The first-order chi connectivity index (χ1) is 10.5. The fourth-order valence-corrected chi connectivity index (χ4v) is 2.04. The SMILES string of the molecule is COc1ccc(/C=C/c2cc(B(C)O)cc(C(=O)O)c2)cc1. The molecular weight excluding hydrogens is 279 g/mol. The summed E-state index contributed by atoms with van der Waals surface area (Å²) in [7, 11) is 1.61. The van der Waals surface area contributed by atoms with Crippen LogP contribution in [0.15, 0.2) is 42.5 Å². The van der Waals surface area contributed by atoms with E-state index in [0.29, 0.717) is 5.46 Å². The summed E-state index contributed by atoms with van der Waals surface area (Å²) >= 11 is 0. The van der Waals surface area contributed by atoms with E-state index in [-0.39, 0.29) is 5.56 Å². The van der Waals surface area contributed by atoms with Gasteiger partial charge in [-0.3, -0.25) is 0 Å². The highest BCUT2D eigenvalue weighted by Gasteiger charge is 2.11. The van der Waals surface area contributed by atoms with Crippen LogP contribution in [0.3, 0.4) is 0 Å². The Morgan fingerprint density at radius 3 is 2.27 bits per heavy atom. The lowest BCUT2D eigenvalue weighted by Gasteiger charge is -2.05. The van der Waals surface area contributed by atoms with Crippen LogP contribution >= 0.6 is 0 Å². The molecule has 22 heavy (non-hydrogen) atoms. The van der Waals surface area contributed by atoms with E-state index in [1.807, 2.05) is 36.4 Å². The lowest BCUT2D eigenvalue weighted by atomic mass is 9.64. The number of benzene rings is 2. The Labute approximate surface area is 129 Å². The minimum atomic E-state index is -1.01. The lowest BCUT2D eigenvalue weighted by molar-refractivity contribution is 0.0697. The molecule has 4 nitrogen and oxygen atoms in total. The molecule has 2 aromatic rings. The van der Waals surface area contributed by atoms with Crippen LogP contribution in [-0.4, -0.2) is 30.1 Å². The van der Waals surface area contributed by atoms with E-state index in [0.717, 1.165) is 16.9 Å². The molecule has 0 aliphatic rings. The lowest BCUT2D eigenvalue weighted by Crippen LogP contribution is -2.27. The van der Waals surface area contributed by atoms with Crippen LogP contribution in [0.5, 0.6) is 5.75 Å². The van der Waals surface area contributed by atoms with Gasteiger partial charge in [-0.25, -0.2) is 4.79 Å². The largest absolute Gasteiger partial charge is 0.497 e. The highest BCUT2D eigenvalue weighted by Crippen LogP contribution is 2.14. The first-order valence-electron chi connectivity index (χ1n) is 6.88. The average Bonchev–Trinajstić information content (AvgIpc) is 2.53. The summed E-state index contributed by atoms with van der Waals surface area (Å²) in [5.41, 5.74) is 2.44. The van der Waals surface area contributed by atoms with Crippen molar-refractivity contribution in [2.75, 3.05) is 7.11 Å². The number of carboxylic acids is 1. The topological polar surface area (TPSA) is 66.8 Å². The highest BCUT2D eigenvalue weighted by atomic mass is 16.5. The van der Waals surface area contributed by atoms with E-state index in [1.54, 1.807) is 26.1 Å². The molecule has 2 aromatic carbocycles. The zero-order valence-electron chi connectivity index (χ0n) is 12.5. The van der Waals surface area contributed by atoms with Gasteiger partial charge in [-0.1, -0.05) is 43.2 Å². The fourth-order valence-electron chi connectivity index (χ4n) is 2.04. The van der Waals surface area contributed by atoms with E-state index in [2.05, 4.69) is 0 Å². The molecule has 2 rings (SSSR count). The Kier molecular flexibility index (Phi) is 5.01. The van der Waals surface area contributed by atoms with Crippen LogP contribution in [-0.2, 0) is 0 Å². The van der Waals surface area contributed by atoms with Crippen LogP contribution in [0, 0.1) is 0 Å². The molecule has 0 unspecified atom stereocenters. The summed E-state index contributed by atoms with van der Waals surface area (Å²) in [6.07, 6.45) is 3.70. The number of hydrogen-bond acceptors (Lipinski definition) is 3. The van der Waals surface area contributed by atoms with E-state index in [4.69, 9.17) is 9.84 Å². The summed E-state index contributed by atoms with van der Waals surface area (Å²) in [6, 6.07) is 12.4. The van der Waals surface area contributed by atoms with E-state index < -0.39 is 12.9 Å². The predicted octanol–water partition coefficient (Wildman–Crippen LogP) is 2.38. The number of carbonyl (C=O) groups is 1. The molecule has 0 saturated heterocycles. The fraction of sp³-hybridized carbons (Fsp3) is 0.118. The van der Waals surface area contributed by atoms with Crippen LogP contribution in [0.25, 0.3) is 12.2 Å². The molecule has 0 atom stereocenters. The molecule has 0 spiro atoms. The predicted molar refractivity (Wildman–Crippen MR) is 88.8 cm³/mol. The first kappa shape index (κ1) is 15.9. The molecular formula is C17H17BO4. The Morgan fingerprint density at radius 1 is 1.09 bits per heavy atom. The van der Waals surface area contributed by atoms with Crippen LogP contribution in [0.1, 0.15) is 21.5 Å². The van der Waals surface area contributed by atoms with Gasteiger partial charge in [0.15, 0.2) is 0 Å². The Hall–Kier alpha value is -2.53. The van der Waals surface area contributed by atoms with Gasteiger partial charge in [-0.15, -0.1) is 0 Å². The van der Waals surface area contributed by atoms with Crippen molar-refractivity contribution in [1.29, 1.82) is 0 Å². The van der Waals surface area contributed by atoms with Crippen molar-refractivity contribution in [2.24, 2.45) is 0 Å². The normalized spacial score (nSPS) is 10.7. The van der Waals surface area contributed by atoms with Gasteiger partial charge in [0.25, 0.3) is 0 Å².